The van der Waals surface area contributed by atoms with Crippen LogP contribution >= 0.6 is 34.8 Å². The summed E-state index contributed by atoms with van der Waals surface area (Å²) in [6, 6.07) is 2.78. The topological polar surface area (TPSA) is 70.2 Å². The van der Waals surface area contributed by atoms with Crippen molar-refractivity contribution in [3.8, 4) is 0 Å². The zero-order valence-corrected chi connectivity index (χ0v) is 21.9. The summed E-state index contributed by atoms with van der Waals surface area (Å²) < 4.78 is 118. The molecule has 0 spiro atoms. The number of rotatable bonds is 8. The zero-order valence-electron chi connectivity index (χ0n) is 19.6. The van der Waals surface area contributed by atoms with Crippen LogP contribution in [0, 0.1) is 0 Å². The van der Waals surface area contributed by atoms with Crippen LogP contribution in [0.4, 0.5) is 44.3 Å². The van der Waals surface area contributed by atoms with E-state index in [1.807, 2.05) is 5.32 Å². The van der Waals surface area contributed by atoms with Crippen LogP contribution < -0.4 is 16.0 Å². The Morgan fingerprint density at radius 3 is 1.93 bits per heavy atom. The number of benzene rings is 2. The van der Waals surface area contributed by atoms with Crippen molar-refractivity contribution in [2.45, 2.75) is 24.4 Å². The molecule has 0 saturated heterocycles. The summed E-state index contributed by atoms with van der Waals surface area (Å²) in [6.07, 6.45) is -13.3. The van der Waals surface area contributed by atoms with Crippen molar-refractivity contribution < 1.29 is 49.1 Å². The highest BCUT2D eigenvalue weighted by molar-refractivity contribution is 6.48. The van der Waals surface area contributed by atoms with Gasteiger partial charge in [-0.25, -0.2) is 4.79 Å². The summed E-state index contributed by atoms with van der Waals surface area (Å²) in [4.78, 5) is 23.6. The molecule has 40 heavy (non-hydrogen) atoms. The van der Waals surface area contributed by atoms with E-state index in [0.717, 1.165) is 30.3 Å². The lowest BCUT2D eigenvalue weighted by molar-refractivity contribution is -0.139. The zero-order chi connectivity index (χ0) is 30.5. The van der Waals surface area contributed by atoms with Crippen molar-refractivity contribution in [1.82, 2.24) is 16.0 Å². The first-order chi connectivity index (χ1) is 18.3. The molecule has 3 N–H and O–H groups in total. The number of nitrogens with one attached hydrogen (secondary N) is 3. The van der Waals surface area contributed by atoms with Gasteiger partial charge in [-0.05, 0) is 35.4 Å². The molecule has 2 rings (SSSR count). The number of hydrogen-bond donors (Lipinski definition) is 3. The Hall–Kier alpha value is -2.84. The van der Waals surface area contributed by atoms with Gasteiger partial charge in [0.25, 0.3) is 5.91 Å². The third-order valence-electron chi connectivity index (χ3n) is 4.94. The van der Waals surface area contributed by atoms with Gasteiger partial charge < -0.3 is 16.0 Å². The lowest BCUT2D eigenvalue weighted by Crippen LogP contribution is -2.43. The molecule has 0 bridgehead atoms. The molecule has 17 heteroatoms. The molecule has 3 amide bonds. The van der Waals surface area contributed by atoms with E-state index < -0.39 is 72.7 Å². The normalized spacial score (nSPS) is 13.3. The molecular formula is C23H17Cl3F9N3O2. The molecule has 0 aliphatic carbocycles. The number of urea groups is 1. The van der Waals surface area contributed by atoms with Crippen LogP contribution in [-0.4, -0.2) is 43.9 Å². The number of carbonyl (C=O) groups is 2. The van der Waals surface area contributed by atoms with Crippen LogP contribution in [0.5, 0.6) is 0 Å². The second kappa shape index (κ2) is 13.2. The molecule has 220 valence electrons. The second-order valence-electron chi connectivity index (χ2n) is 7.96. The molecule has 0 aliphatic rings. The van der Waals surface area contributed by atoms with Gasteiger partial charge in [-0.15, -0.1) is 0 Å². The largest absolute Gasteiger partial charge is 0.417 e. The Morgan fingerprint density at radius 1 is 0.825 bits per heavy atom. The van der Waals surface area contributed by atoms with Gasteiger partial charge in [0.2, 0.25) is 0 Å². The van der Waals surface area contributed by atoms with Gasteiger partial charge in [0.05, 0.1) is 32.1 Å². The first-order valence-electron chi connectivity index (χ1n) is 10.8. The quantitative estimate of drug-likeness (QED) is 0.157. The van der Waals surface area contributed by atoms with Gasteiger partial charge >= 0.3 is 24.6 Å². The standard InChI is InChI=1S/C23H17Cl3F9N3O2/c24-16-8-12(9-17(25)18(16)26)14(22(30,31)32)4-2-11-1-3-13(15(7-11)23(33,34)35)19(39)36-5-6-37-20(40)38-10-21(27,28)29/h1-4,7-9,14H,5-6,10H2,(H,36,39)(H2,37,38,40). The average Bonchev–Trinajstić information content (AvgIpc) is 2.82. The predicted molar refractivity (Wildman–Crippen MR) is 131 cm³/mol. The molecule has 5 nitrogen and oxygen atoms in total. The van der Waals surface area contributed by atoms with Gasteiger partial charge in [-0.3, -0.25) is 4.79 Å². The summed E-state index contributed by atoms with van der Waals surface area (Å²) in [5.74, 6) is -3.57. The Labute approximate surface area is 235 Å². The SMILES string of the molecule is O=C(NCCNC(=O)c1ccc(C=CC(c2cc(Cl)c(Cl)c(Cl)c2)C(F)(F)F)cc1C(F)(F)F)NCC(F)(F)F. The number of alkyl halides is 9. The van der Waals surface area contributed by atoms with Gasteiger partial charge in [-0.1, -0.05) is 53.0 Å². The number of carbonyl (C=O) groups excluding carboxylic acids is 2. The lowest BCUT2D eigenvalue weighted by atomic mass is 9.96. The monoisotopic (exact) mass is 643 g/mol. The molecule has 2 aromatic rings. The summed E-state index contributed by atoms with van der Waals surface area (Å²) in [5.41, 5.74) is -3.10. The van der Waals surface area contributed by atoms with Gasteiger partial charge in [0.15, 0.2) is 0 Å². The van der Waals surface area contributed by atoms with E-state index in [4.69, 9.17) is 34.8 Å². The van der Waals surface area contributed by atoms with Crippen molar-refractivity contribution in [2.24, 2.45) is 0 Å². The molecule has 0 aliphatic heterocycles. The smallest absolute Gasteiger partial charge is 0.350 e. The first-order valence-corrected chi connectivity index (χ1v) is 11.9. The fraction of sp³-hybridized carbons (Fsp3) is 0.304. The van der Waals surface area contributed by atoms with Crippen molar-refractivity contribution >= 4 is 52.8 Å². The van der Waals surface area contributed by atoms with Crippen LogP contribution in [0.3, 0.4) is 0 Å². The maximum Gasteiger partial charge on any atom is 0.417 e. The Balaban J connectivity index is 2.21. The molecule has 0 fully saturated rings. The van der Waals surface area contributed by atoms with E-state index >= 15 is 0 Å². The van der Waals surface area contributed by atoms with Gasteiger partial charge in [0.1, 0.15) is 6.54 Å². The van der Waals surface area contributed by atoms with Crippen molar-refractivity contribution in [3.63, 3.8) is 0 Å². The molecule has 1 unspecified atom stereocenters. The highest BCUT2D eigenvalue weighted by Gasteiger charge is 2.40. The van der Waals surface area contributed by atoms with E-state index in [0.29, 0.717) is 12.1 Å². The minimum atomic E-state index is -5.09. The van der Waals surface area contributed by atoms with Crippen molar-refractivity contribution in [1.29, 1.82) is 0 Å². The van der Waals surface area contributed by atoms with E-state index in [-0.39, 0.29) is 20.6 Å². The van der Waals surface area contributed by atoms with E-state index in [9.17, 15) is 49.1 Å². The summed E-state index contributed by atoms with van der Waals surface area (Å²) in [6.45, 7) is -2.49. The summed E-state index contributed by atoms with van der Waals surface area (Å²) >= 11 is 17.4. The molecular weight excluding hydrogens is 628 g/mol. The third-order valence-corrected chi connectivity index (χ3v) is 6.14. The van der Waals surface area contributed by atoms with E-state index in [2.05, 4.69) is 5.32 Å². The van der Waals surface area contributed by atoms with Crippen LogP contribution in [0.2, 0.25) is 15.1 Å². The van der Waals surface area contributed by atoms with Crippen LogP contribution in [0.25, 0.3) is 6.08 Å². The van der Waals surface area contributed by atoms with E-state index in [1.165, 1.54) is 5.32 Å². The molecule has 0 heterocycles. The number of amides is 3. The van der Waals surface area contributed by atoms with E-state index in [1.54, 1.807) is 0 Å². The molecule has 0 radical (unpaired) electrons. The minimum absolute atomic E-state index is 0.179. The van der Waals surface area contributed by atoms with Crippen molar-refractivity contribution in [3.05, 3.63) is 73.7 Å². The fourth-order valence-electron chi connectivity index (χ4n) is 3.16. The molecule has 0 aromatic heterocycles. The maximum atomic E-state index is 13.7. The third kappa shape index (κ3) is 9.97. The lowest BCUT2D eigenvalue weighted by Gasteiger charge is -2.19. The highest BCUT2D eigenvalue weighted by Crippen LogP contribution is 2.41. The number of allylic oxidation sites excluding steroid dienone is 1. The molecule has 2 aromatic carbocycles. The second-order valence-corrected chi connectivity index (χ2v) is 9.15. The van der Waals surface area contributed by atoms with Crippen LogP contribution in [0.1, 0.15) is 33.0 Å². The molecule has 0 saturated carbocycles. The Bertz CT molecular complexity index is 1240. The fourth-order valence-corrected chi connectivity index (χ4v) is 3.77. The van der Waals surface area contributed by atoms with Gasteiger partial charge in [-0.2, -0.15) is 39.5 Å². The van der Waals surface area contributed by atoms with Gasteiger partial charge in [0, 0.05) is 13.1 Å². The van der Waals surface area contributed by atoms with Crippen molar-refractivity contribution in [2.75, 3.05) is 19.6 Å². The first kappa shape index (κ1) is 33.4. The number of hydrogen-bond acceptors (Lipinski definition) is 2. The molecule has 1 atom stereocenters. The summed E-state index contributed by atoms with van der Waals surface area (Å²) in [5, 5.41) is 4.81. The summed E-state index contributed by atoms with van der Waals surface area (Å²) in [7, 11) is 0. The minimum Gasteiger partial charge on any atom is -0.350 e. The number of halogens is 12. The maximum absolute atomic E-state index is 13.7. The average molecular weight is 645 g/mol. The predicted octanol–water partition coefficient (Wildman–Crippen LogP) is 7.62. The van der Waals surface area contributed by atoms with Crippen LogP contribution in [-0.2, 0) is 6.18 Å². The highest BCUT2D eigenvalue weighted by atomic mass is 35.5. The van der Waals surface area contributed by atoms with Crippen LogP contribution in [0.15, 0.2) is 36.4 Å². The Kier molecular flexibility index (Phi) is 11.0. The Morgan fingerprint density at radius 2 is 1.40 bits per heavy atom.